The lowest BCUT2D eigenvalue weighted by molar-refractivity contribution is -0.304. The maximum Gasteiger partial charge on any atom is 0.186 e. The van der Waals surface area contributed by atoms with Gasteiger partial charge >= 0.3 is 0 Å². The van der Waals surface area contributed by atoms with E-state index in [-0.39, 0.29) is 6.61 Å². The lowest BCUT2D eigenvalue weighted by atomic mass is 9.99. The molecule has 11 heteroatoms. The van der Waals surface area contributed by atoms with Crippen molar-refractivity contribution in [2.75, 3.05) is 13.2 Å². The van der Waals surface area contributed by atoms with Gasteiger partial charge in [0.25, 0.3) is 0 Å². The molecule has 11 nitrogen and oxygen atoms in total. The number of aliphatic hydroxyl groups is 6. The Labute approximate surface area is 150 Å². The molecular weight excluding hydrogens is 350 g/mol. The van der Waals surface area contributed by atoms with Crippen LogP contribution in [0.4, 0.5) is 0 Å². The van der Waals surface area contributed by atoms with E-state index in [9.17, 15) is 30.6 Å². The first kappa shape index (κ1) is 21.1. The standard InChI is InChI=1S/C15H27N3O8/c1-3-9(20)11(21)8(18-4-7(2)16-17-18)6-25-15-14(24)13(23)12(22)10(5-19)26-15/h4,8-15,19-24H,3,5-6H2,1-2H3/t8-,9+,10?,11-,12?,13?,14?,15?/m0/s1. The quantitative estimate of drug-likeness (QED) is 0.276. The van der Waals surface area contributed by atoms with Crippen molar-refractivity contribution in [1.82, 2.24) is 15.0 Å². The highest BCUT2D eigenvalue weighted by Gasteiger charge is 2.44. The molecule has 150 valence electrons. The van der Waals surface area contributed by atoms with Gasteiger partial charge in [-0.05, 0) is 13.3 Å². The SMILES string of the molecule is CC[C@@H](O)[C@@H](O)[C@H](COC1OC(CO)C(O)C(O)C1O)n1cc(C)nn1. The summed E-state index contributed by atoms with van der Waals surface area (Å²) in [5.41, 5.74) is 0.598. The van der Waals surface area contributed by atoms with Gasteiger partial charge in [0.2, 0.25) is 0 Å². The van der Waals surface area contributed by atoms with Gasteiger partial charge in [-0.25, -0.2) is 4.68 Å². The molecule has 26 heavy (non-hydrogen) atoms. The number of aromatic nitrogens is 3. The Balaban J connectivity index is 2.10. The summed E-state index contributed by atoms with van der Waals surface area (Å²) in [6.45, 7) is 2.61. The predicted octanol–water partition coefficient (Wildman–Crippen LogP) is -2.92. The highest BCUT2D eigenvalue weighted by Crippen LogP contribution is 2.24. The molecule has 1 aromatic heterocycles. The Kier molecular flexibility index (Phi) is 7.43. The minimum Gasteiger partial charge on any atom is -0.394 e. The van der Waals surface area contributed by atoms with Crippen LogP contribution in [0, 0.1) is 6.92 Å². The predicted molar refractivity (Wildman–Crippen MR) is 85.8 cm³/mol. The number of rotatable bonds is 8. The van der Waals surface area contributed by atoms with Crippen molar-refractivity contribution in [3.63, 3.8) is 0 Å². The molecule has 1 aromatic rings. The van der Waals surface area contributed by atoms with Gasteiger partial charge in [-0.2, -0.15) is 0 Å². The second-order valence-corrected chi connectivity index (χ2v) is 6.40. The first-order valence-corrected chi connectivity index (χ1v) is 8.46. The molecule has 0 spiro atoms. The third-order valence-corrected chi connectivity index (χ3v) is 4.45. The minimum atomic E-state index is -1.57. The summed E-state index contributed by atoms with van der Waals surface area (Å²) in [6.07, 6.45) is -7.47. The molecule has 8 atom stereocenters. The van der Waals surface area contributed by atoms with Crippen molar-refractivity contribution in [3.05, 3.63) is 11.9 Å². The number of ether oxygens (including phenoxy) is 2. The van der Waals surface area contributed by atoms with Gasteiger partial charge < -0.3 is 40.1 Å². The molecule has 1 saturated heterocycles. The van der Waals surface area contributed by atoms with Gasteiger partial charge in [0, 0.05) is 6.20 Å². The van der Waals surface area contributed by atoms with Crippen LogP contribution in [0.1, 0.15) is 25.1 Å². The Morgan fingerprint density at radius 3 is 2.46 bits per heavy atom. The lowest BCUT2D eigenvalue weighted by Gasteiger charge is -2.40. The van der Waals surface area contributed by atoms with Crippen molar-refractivity contribution in [2.24, 2.45) is 0 Å². The lowest BCUT2D eigenvalue weighted by Crippen LogP contribution is -2.59. The molecule has 6 N–H and O–H groups in total. The fourth-order valence-corrected chi connectivity index (χ4v) is 2.76. The highest BCUT2D eigenvalue weighted by atomic mass is 16.7. The zero-order valence-electron chi connectivity index (χ0n) is 14.7. The maximum absolute atomic E-state index is 10.4. The van der Waals surface area contributed by atoms with Gasteiger partial charge in [-0.3, -0.25) is 0 Å². The van der Waals surface area contributed by atoms with Crippen molar-refractivity contribution < 1.29 is 40.1 Å². The third kappa shape index (κ3) is 4.56. The van der Waals surface area contributed by atoms with Crippen LogP contribution in [0.5, 0.6) is 0 Å². The van der Waals surface area contributed by atoms with Crippen LogP contribution >= 0.6 is 0 Å². The zero-order chi connectivity index (χ0) is 19.4. The summed E-state index contributed by atoms with van der Waals surface area (Å²) in [4.78, 5) is 0. The second-order valence-electron chi connectivity index (χ2n) is 6.40. The molecule has 5 unspecified atom stereocenters. The molecule has 0 aliphatic carbocycles. The van der Waals surface area contributed by atoms with Gasteiger partial charge in [0.1, 0.15) is 36.6 Å². The second kappa shape index (κ2) is 9.15. The summed E-state index contributed by atoms with van der Waals surface area (Å²) >= 11 is 0. The molecule has 0 amide bonds. The largest absolute Gasteiger partial charge is 0.394 e. The Hall–Kier alpha value is -1.18. The smallest absolute Gasteiger partial charge is 0.186 e. The van der Waals surface area contributed by atoms with Crippen LogP contribution in [0.25, 0.3) is 0 Å². The number of hydrogen-bond donors (Lipinski definition) is 6. The number of aryl methyl sites for hydroxylation is 1. The van der Waals surface area contributed by atoms with E-state index in [0.29, 0.717) is 12.1 Å². The van der Waals surface area contributed by atoms with Crippen molar-refractivity contribution in [1.29, 1.82) is 0 Å². The molecule has 0 aromatic carbocycles. The molecule has 1 fully saturated rings. The van der Waals surface area contributed by atoms with E-state index < -0.39 is 55.6 Å². The van der Waals surface area contributed by atoms with E-state index in [1.807, 2.05) is 0 Å². The molecule has 2 heterocycles. The van der Waals surface area contributed by atoms with Crippen molar-refractivity contribution in [3.8, 4) is 0 Å². The van der Waals surface area contributed by atoms with E-state index in [0.717, 1.165) is 0 Å². The van der Waals surface area contributed by atoms with E-state index in [4.69, 9.17) is 9.47 Å². The zero-order valence-corrected chi connectivity index (χ0v) is 14.7. The number of hydrogen-bond acceptors (Lipinski definition) is 10. The summed E-state index contributed by atoms with van der Waals surface area (Å²) in [5.74, 6) is 0. The van der Waals surface area contributed by atoms with Gasteiger partial charge in [-0.1, -0.05) is 12.1 Å². The van der Waals surface area contributed by atoms with E-state index in [2.05, 4.69) is 10.3 Å². The fourth-order valence-electron chi connectivity index (χ4n) is 2.76. The van der Waals surface area contributed by atoms with Crippen molar-refractivity contribution in [2.45, 2.75) is 69.2 Å². The summed E-state index contributed by atoms with van der Waals surface area (Å²) in [6, 6.07) is -0.835. The highest BCUT2D eigenvalue weighted by molar-refractivity contribution is 4.92. The van der Waals surface area contributed by atoms with Crippen LogP contribution in [0.2, 0.25) is 0 Å². The van der Waals surface area contributed by atoms with E-state index >= 15 is 0 Å². The average Bonchev–Trinajstić information content (AvgIpc) is 3.06. The Morgan fingerprint density at radius 2 is 1.92 bits per heavy atom. The summed E-state index contributed by atoms with van der Waals surface area (Å²) < 4.78 is 12.1. The normalized spacial score (nSPS) is 33.0. The molecule has 0 saturated carbocycles. The van der Waals surface area contributed by atoms with Crippen LogP contribution < -0.4 is 0 Å². The number of nitrogens with zero attached hydrogens (tertiary/aromatic N) is 3. The Morgan fingerprint density at radius 1 is 1.23 bits per heavy atom. The third-order valence-electron chi connectivity index (χ3n) is 4.45. The average molecular weight is 377 g/mol. The van der Waals surface area contributed by atoms with Crippen LogP contribution in [0.3, 0.4) is 0 Å². The fraction of sp³-hybridized carbons (Fsp3) is 0.867. The molecular formula is C15H27N3O8. The first-order valence-electron chi connectivity index (χ1n) is 8.46. The van der Waals surface area contributed by atoms with Gasteiger partial charge in [0.05, 0.1) is 25.0 Å². The first-order chi connectivity index (χ1) is 12.3. The van der Waals surface area contributed by atoms with Gasteiger partial charge in [-0.15, -0.1) is 5.10 Å². The van der Waals surface area contributed by atoms with Crippen LogP contribution in [0.15, 0.2) is 6.20 Å². The Bertz CT molecular complexity index is 557. The number of aliphatic hydroxyl groups excluding tert-OH is 6. The summed E-state index contributed by atoms with van der Waals surface area (Å²) in [5, 5.41) is 66.9. The van der Waals surface area contributed by atoms with Crippen LogP contribution in [-0.2, 0) is 9.47 Å². The molecule has 1 aliphatic rings. The van der Waals surface area contributed by atoms with Gasteiger partial charge in [0.15, 0.2) is 6.29 Å². The van der Waals surface area contributed by atoms with Crippen molar-refractivity contribution >= 4 is 0 Å². The maximum atomic E-state index is 10.4. The molecule has 1 aliphatic heterocycles. The topological polar surface area (TPSA) is 171 Å². The summed E-state index contributed by atoms with van der Waals surface area (Å²) in [7, 11) is 0. The molecule has 0 bridgehead atoms. The molecule has 0 radical (unpaired) electrons. The van der Waals surface area contributed by atoms with E-state index in [1.54, 1.807) is 20.0 Å². The van der Waals surface area contributed by atoms with E-state index in [1.165, 1.54) is 4.68 Å². The monoisotopic (exact) mass is 377 g/mol. The molecule has 2 rings (SSSR count). The van der Waals surface area contributed by atoms with Crippen LogP contribution in [-0.4, -0.2) is 102 Å². The minimum absolute atomic E-state index is 0.232.